The number of primary amides is 1. The van der Waals surface area contributed by atoms with E-state index >= 15 is 0 Å². The van der Waals surface area contributed by atoms with Crippen molar-refractivity contribution in [3.8, 4) is 11.3 Å². The van der Waals surface area contributed by atoms with E-state index in [1.165, 1.54) is 0 Å². The SMILES string of the molecule is Cc1cccnc1-c1ccnc(C(N)=O)c1. The summed E-state index contributed by atoms with van der Waals surface area (Å²) in [6.45, 7) is 1.96. The number of hydrogen-bond acceptors (Lipinski definition) is 3. The first-order valence-corrected chi connectivity index (χ1v) is 4.86. The van der Waals surface area contributed by atoms with Gasteiger partial charge in [-0.1, -0.05) is 6.07 Å². The summed E-state index contributed by atoms with van der Waals surface area (Å²) in [6, 6.07) is 7.29. The van der Waals surface area contributed by atoms with E-state index < -0.39 is 5.91 Å². The van der Waals surface area contributed by atoms with Crippen LogP contribution in [0, 0.1) is 6.92 Å². The van der Waals surface area contributed by atoms with E-state index in [1.54, 1.807) is 18.5 Å². The van der Waals surface area contributed by atoms with Crippen molar-refractivity contribution in [1.82, 2.24) is 9.97 Å². The smallest absolute Gasteiger partial charge is 0.267 e. The fourth-order valence-corrected chi connectivity index (χ4v) is 1.50. The molecule has 0 atom stereocenters. The Morgan fingerprint density at radius 2 is 2.06 bits per heavy atom. The summed E-state index contributed by atoms with van der Waals surface area (Å²) < 4.78 is 0. The number of amides is 1. The van der Waals surface area contributed by atoms with Gasteiger partial charge < -0.3 is 5.73 Å². The van der Waals surface area contributed by atoms with E-state index in [9.17, 15) is 4.79 Å². The normalized spacial score (nSPS) is 10.1. The van der Waals surface area contributed by atoms with Crippen LogP contribution in [0.3, 0.4) is 0 Å². The van der Waals surface area contributed by atoms with Crippen molar-refractivity contribution in [1.29, 1.82) is 0 Å². The summed E-state index contributed by atoms with van der Waals surface area (Å²) in [5.74, 6) is -0.532. The molecule has 0 saturated carbocycles. The van der Waals surface area contributed by atoms with Gasteiger partial charge in [0.05, 0.1) is 5.69 Å². The van der Waals surface area contributed by atoms with Gasteiger partial charge in [-0.2, -0.15) is 0 Å². The molecule has 0 aliphatic rings. The van der Waals surface area contributed by atoms with Crippen LogP contribution in [0.4, 0.5) is 0 Å². The summed E-state index contributed by atoms with van der Waals surface area (Å²) in [5.41, 5.74) is 8.16. The lowest BCUT2D eigenvalue weighted by Gasteiger charge is -2.04. The maximum absolute atomic E-state index is 11.0. The summed E-state index contributed by atoms with van der Waals surface area (Å²) >= 11 is 0. The third-order valence-corrected chi connectivity index (χ3v) is 2.30. The van der Waals surface area contributed by atoms with Crippen LogP contribution in [0.25, 0.3) is 11.3 Å². The number of aromatic nitrogens is 2. The highest BCUT2D eigenvalue weighted by Crippen LogP contribution is 2.20. The molecule has 2 aromatic rings. The van der Waals surface area contributed by atoms with E-state index in [0.717, 1.165) is 16.8 Å². The molecular formula is C12H11N3O. The van der Waals surface area contributed by atoms with Gasteiger partial charge in [0.25, 0.3) is 5.91 Å². The molecule has 4 nitrogen and oxygen atoms in total. The van der Waals surface area contributed by atoms with Crippen LogP contribution < -0.4 is 5.73 Å². The maximum atomic E-state index is 11.0. The highest BCUT2D eigenvalue weighted by atomic mass is 16.1. The van der Waals surface area contributed by atoms with Crippen LogP contribution >= 0.6 is 0 Å². The molecular weight excluding hydrogens is 202 g/mol. The molecule has 0 fully saturated rings. The van der Waals surface area contributed by atoms with Crippen LogP contribution in [0.1, 0.15) is 16.1 Å². The fourth-order valence-electron chi connectivity index (χ4n) is 1.50. The van der Waals surface area contributed by atoms with Gasteiger partial charge in [-0.05, 0) is 30.7 Å². The van der Waals surface area contributed by atoms with Gasteiger partial charge >= 0.3 is 0 Å². The number of rotatable bonds is 2. The monoisotopic (exact) mass is 213 g/mol. The van der Waals surface area contributed by atoms with E-state index in [2.05, 4.69) is 9.97 Å². The van der Waals surface area contributed by atoms with Gasteiger partial charge in [0, 0.05) is 18.0 Å². The van der Waals surface area contributed by atoms with Gasteiger partial charge in [-0.3, -0.25) is 14.8 Å². The van der Waals surface area contributed by atoms with Crippen molar-refractivity contribution in [3.63, 3.8) is 0 Å². The summed E-state index contributed by atoms with van der Waals surface area (Å²) in [6.07, 6.45) is 3.27. The molecule has 0 unspecified atom stereocenters. The minimum Gasteiger partial charge on any atom is -0.364 e. The van der Waals surface area contributed by atoms with E-state index in [-0.39, 0.29) is 5.69 Å². The molecule has 4 heteroatoms. The molecule has 0 aliphatic heterocycles. The Labute approximate surface area is 93.2 Å². The Hall–Kier alpha value is -2.23. The molecule has 2 N–H and O–H groups in total. The largest absolute Gasteiger partial charge is 0.364 e. The Morgan fingerprint density at radius 3 is 2.75 bits per heavy atom. The average Bonchev–Trinajstić information content (AvgIpc) is 2.30. The van der Waals surface area contributed by atoms with Gasteiger partial charge in [0.1, 0.15) is 5.69 Å². The molecule has 0 bridgehead atoms. The number of carbonyl (C=O) groups excluding carboxylic acids is 1. The van der Waals surface area contributed by atoms with Crippen molar-refractivity contribution in [3.05, 3.63) is 47.9 Å². The lowest BCUT2D eigenvalue weighted by molar-refractivity contribution is 0.0995. The van der Waals surface area contributed by atoms with Crippen molar-refractivity contribution in [2.24, 2.45) is 5.73 Å². The van der Waals surface area contributed by atoms with Crippen LogP contribution in [0.2, 0.25) is 0 Å². The minimum absolute atomic E-state index is 0.252. The van der Waals surface area contributed by atoms with Crippen molar-refractivity contribution in [2.75, 3.05) is 0 Å². The second-order valence-electron chi connectivity index (χ2n) is 3.46. The standard InChI is InChI=1S/C12H11N3O/c1-8-3-2-5-15-11(8)9-4-6-14-10(7-9)12(13)16/h2-7H,1H3,(H2,13,16). The quantitative estimate of drug-likeness (QED) is 0.822. The van der Waals surface area contributed by atoms with Crippen LogP contribution in [-0.2, 0) is 0 Å². The topological polar surface area (TPSA) is 68.9 Å². The average molecular weight is 213 g/mol. The highest BCUT2D eigenvalue weighted by Gasteiger charge is 2.06. The van der Waals surface area contributed by atoms with Gasteiger partial charge in [-0.25, -0.2) is 0 Å². The van der Waals surface area contributed by atoms with Crippen molar-refractivity contribution < 1.29 is 4.79 Å². The van der Waals surface area contributed by atoms with Gasteiger partial charge in [0.15, 0.2) is 0 Å². The predicted molar refractivity (Wildman–Crippen MR) is 60.7 cm³/mol. The third kappa shape index (κ3) is 1.91. The Balaban J connectivity index is 2.53. The lowest BCUT2D eigenvalue weighted by Crippen LogP contribution is -2.12. The molecule has 80 valence electrons. The number of aryl methyl sites for hydroxylation is 1. The first-order valence-electron chi connectivity index (χ1n) is 4.86. The van der Waals surface area contributed by atoms with Crippen molar-refractivity contribution in [2.45, 2.75) is 6.92 Å². The number of nitrogens with two attached hydrogens (primary N) is 1. The lowest BCUT2D eigenvalue weighted by atomic mass is 10.1. The molecule has 0 radical (unpaired) electrons. The maximum Gasteiger partial charge on any atom is 0.267 e. The summed E-state index contributed by atoms with van der Waals surface area (Å²) in [4.78, 5) is 19.2. The third-order valence-electron chi connectivity index (χ3n) is 2.30. The predicted octanol–water partition coefficient (Wildman–Crippen LogP) is 1.55. The molecule has 0 saturated heterocycles. The number of nitrogens with zero attached hydrogens (tertiary/aromatic N) is 2. The first kappa shape index (κ1) is 10.3. The molecule has 2 rings (SSSR count). The Kier molecular flexibility index (Phi) is 2.64. The van der Waals surface area contributed by atoms with Gasteiger partial charge in [0.2, 0.25) is 0 Å². The van der Waals surface area contributed by atoms with E-state index in [1.807, 2.05) is 25.1 Å². The zero-order valence-electron chi connectivity index (χ0n) is 8.84. The Morgan fingerprint density at radius 1 is 1.25 bits per heavy atom. The van der Waals surface area contributed by atoms with Crippen molar-refractivity contribution >= 4 is 5.91 Å². The molecule has 0 aliphatic carbocycles. The number of carbonyl (C=O) groups is 1. The zero-order chi connectivity index (χ0) is 11.5. The van der Waals surface area contributed by atoms with Crippen LogP contribution in [-0.4, -0.2) is 15.9 Å². The van der Waals surface area contributed by atoms with E-state index in [4.69, 9.17) is 5.73 Å². The first-order chi connectivity index (χ1) is 7.68. The second-order valence-corrected chi connectivity index (χ2v) is 3.46. The zero-order valence-corrected chi connectivity index (χ0v) is 8.84. The van der Waals surface area contributed by atoms with Crippen LogP contribution in [0.5, 0.6) is 0 Å². The molecule has 2 aromatic heterocycles. The fraction of sp³-hybridized carbons (Fsp3) is 0.0833. The van der Waals surface area contributed by atoms with Crippen LogP contribution in [0.15, 0.2) is 36.7 Å². The molecule has 2 heterocycles. The summed E-state index contributed by atoms with van der Waals surface area (Å²) in [7, 11) is 0. The molecule has 16 heavy (non-hydrogen) atoms. The molecule has 0 aromatic carbocycles. The molecule has 1 amide bonds. The minimum atomic E-state index is -0.532. The summed E-state index contributed by atoms with van der Waals surface area (Å²) in [5, 5.41) is 0. The second kappa shape index (κ2) is 4.10. The number of pyridine rings is 2. The highest BCUT2D eigenvalue weighted by molar-refractivity contribution is 5.91. The number of hydrogen-bond donors (Lipinski definition) is 1. The Bertz CT molecular complexity index is 537. The van der Waals surface area contributed by atoms with Gasteiger partial charge in [-0.15, -0.1) is 0 Å². The molecule has 0 spiro atoms. The van der Waals surface area contributed by atoms with E-state index in [0.29, 0.717) is 0 Å².